The van der Waals surface area contributed by atoms with Gasteiger partial charge in [0, 0.05) is 9.52 Å². The van der Waals surface area contributed by atoms with Crippen molar-refractivity contribution in [2.24, 2.45) is 0 Å². The summed E-state index contributed by atoms with van der Waals surface area (Å²) in [5.74, 6) is 1.51. The molecule has 1 aliphatic rings. The third kappa shape index (κ3) is 10.2. The van der Waals surface area contributed by atoms with Gasteiger partial charge < -0.3 is 0 Å². The first kappa shape index (κ1) is 45.3. The molecule has 0 amide bonds. The van der Waals surface area contributed by atoms with E-state index in [0.717, 1.165) is 38.5 Å². The first-order chi connectivity index (χ1) is 24.8. The quantitative estimate of drug-likeness (QED) is 0.0937. The molecular weight excluding hydrogens is 842 g/mol. The van der Waals surface area contributed by atoms with Crippen molar-refractivity contribution < 1.29 is 60.4 Å². The van der Waals surface area contributed by atoms with Gasteiger partial charge in [-0.15, -0.1) is 69.1 Å². The molecule has 0 saturated heterocycles. The van der Waals surface area contributed by atoms with Crippen LogP contribution in [-0.2, 0) is 26.3 Å². The Morgan fingerprint density at radius 2 is 1.25 bits per heavy atom. The number of benzene rings is 3. The van der Waals surface area contributed by atoms with Crippen molar-refractivity contribution in [2.75, 3.05) is 0 Å². The molecule has 1 atom stereocenters. The molecule has 0 N–H and O–H groups in total. The maximum atomic E-state index is 13.2. The normalized spacial score (nSPS) is 14.4. The van der Waals surface area contributed by atoms with Crippen LogP contribution in [0.4, 0.5) is 39.5 Å². The Morgan fingerprint density at radius 1 is 0.755 bits per heavy atom. The van der Waals surface area contributed by atoms with Gasteiger partial charge in [-0.25, -0.2) is 0 Å². The molecule has 1 unspecified atom stereocenters. The van der Waals surface area contributed by atoms with E-state index in [-0.39, 0.29) is 17.7 Å². The third-order valence-electron chi connectivity index (χ3n) is 9.58. The molecule has 1 fully saturated rings. The topological polar surface area (TPSA) is 0 Å². The summed E-state index contributed by atoms with van der Waals surface area (Å²) in [5, 5.41) is 4.44. The van der Waals surface area contributed by atoms with Crippen molar-refractivity contribution in [3.05, 3.63) is 107 Å². The first-order valence-electron chi connectivity index (χ1n) is 17.0. The van der Waals surface area contributed by atoms with Crippen LogP contribution in [0, 0.1) is 6.92 Å². The van der Waals surface area contributed by atoms with Gasteiger partial charge >= 0.3 is 56.4 Å². The van der Waals surface area contributed by atoms with Crippen LogP contribution in [0.5, 0.6) is 0 Å². The van der Waals surface area contributed by atoms with Gasteiger partial charge in [-0.2, -0.15) is 51.6 Å². The Hall–Kier alpha value is -2.07. The Morgan fingerprint density at radius 3 is 1.74 bits per heavy atom. The van der Waals surface area contributed by atoms with Gasteiger partial charge in [0.1, 0.15) is 0 Å². The minimum absolute atomic E-state index is 0.199. The average molecular weight is 883 g/mol. The van der Waals surface area contributed by atoms with Crippen LogP contribution in [0.3, 0.4) is 0 Å². The van der Waals surface area contributed by atoms with Crippen LogP contribution in [0.25, 0.3) is 32.7 Å². The summed E-state index contributed by atoms with van der Waals surface area (Å²) in [5.41, 5.74) is -3.20. The number of hydrogen-bond donors (Lipinski definition) is 0. The van der Waals surface area contributed by atoms with Crippen LogP contribution >= 0.6 is 17.0 Å². The zero-order valence-electron chi connectivity index (χ0n) is 29.9. The molecular formula is C40H41Cl2F9SiZr. The molecule has 0 bridgehead atoms. The van der Waals surface area contributed by atoms with Crippen LogP contribution in [0.1, 0.15) is 80.0 Å². The SMILES string of the molecule is CCC(C)c1cccc2[cH-]c(C3CCCC3)cc12.C[Si]C.Cc1cc2c(-c3ccc(C(C(F)(F)F)(C(F)(F)F)C(F)(F)F)cc3)cccc2[cH-]1.[Cl][Zr+2][Cl]. The second kappa shape index (κ2) is 19.2. The minimum atomic E-state index is -6.63. The molecule has 5 aromatic rings. The van der Waals surface area contributed by atoms with Crippen molar-refractivity contribution in [3.8, 4) is 11.1 Å². The number of hydrogen-bond acceptors (Lipinski definition) is 0. The summed E-state index contributed by atoms with van der Waals surface area (Å²) in [6, 6.07) is 22.5. The van der Waals surface area contributed by atoms with Crippen molar-refractivity contribution in [3.63, 3.8) is 0 Å². The van der Waals surface area contributed by atoms with E-state index in [1.165, 1.54) is 42.9 Å². The molecule has 0 aliphatic heterocycles. The fourth-order valence-electron chi connectivity index (χ4n) is 6.94. The third-order valence-corrected chi connectivity index (χ3v) is 9.58. The summed E-state index contributed by atoms with van der Waals surface area (Å²) in [6.45, 7) is 10.7. The second-order valence-electron chi connectivity index (χ2n) is 13.2. The Balaban J connectivity index is 0.000000267. The molecule has 2 radical (unpaired) electrons. The summed E-state index contributed by atoms with van der Waals surface area (Å²) < 4.78 is 119. The Labute approximate surface area is 326 Å². The van der Waals surface area contributed by atoms with Crippen molar-refractivity contribution in [1.82, 2.24) is 0 Å². The summed E-state index contributed by atoms with van der Waals surface area (Å²) in [7, 11) is 11.0. The summed E-state index contributed by atoms with van der Waals surface area (Å²) >= 11 is -0.826. The predicted molar refractivity (Wildman–Crippen MR) is 198 cm³/mol. The zero-order chi connectivity index (χ0) is 39.8. The second-order valence-corrected chi connectivity index (χ2v) is 17.9. The molecule has 1 saturated carbocycles. The van der Waals surface area contributed by atoms with Crippen molar-refractivity contribution >= 4 is 48.1 Å². The van der Waals surface area contributed by atoms with Gasteiger partial charge in [0.05, 0.1) is 0 Å². The number of fused-ring (bicyclic) bond motifs is 2. The zero-order valence-corrected chi connectivity index (χ0v) is 34.9. The fourth-order valence-corrected chi connectivity index (χ4v) is 6.94. The standard InChI is InChI=1S/C20H12F9.C18H23.C2H6Si.2ClH.Zr/c1-11-9-13-3-2-4-15(16(13)10-11)12-5-7-14(8-6-12)17(18(21,22)23,19(24,25)26)20(27,28)29;1-3-13(2)17-10-6-9-15-11-16(12-18(15)17)14-7-4-5-8-14;1-3-2;;;/h2-10H,1H3;6,9-14H,3-5,7-8H2,1-2H3;1-2H3;2*1H;/q2*-1;;;;+4/p-2. The molecule has 5 aromatic carbocycles. The fraction of sp³-hybridized carbons (Fsp3) is 0.400. The molecule has 1 aliphatic carbocycles. The molecule has 0 aromatic heterocycles. The molecule has 0 heterocycles. The number of halogens is 11. The number of aryl methyl sites for hydroxylation is 1. The number of rotatable bonds is 5. The molecule has 0 spiro atoms. The molecule has 286 valence electrons. The summed E-state index contributed by atoms with van der Waals surface area (Å²) in [6.07, 6.45) is -13.0. The van der Waals surface area contributed by atoms with Gasteiger partial charge in [0.15, 0.2) is 0 Å². The van der Waals surface area contributed by atoms with E-state index in [1.807, 2.05) is 6.07 Å². The van der Waals surface area contributed by atoms with Crippen LogP contribution < -0.4 is 0 Å². The van der Waals surface area contributed by atoms with E-state index in [9.17, 15) is 39.5 Å². The van der Waals surface area contributed by atoms with Gasteiger partial charge in [0.2, 0.25) is 0 Å². The maximum absolute atomic E-state index is 13.2. The van der Waals surface area contributed by atoms with Gasteiger partial charge in [-0.3, -0.25) is 0 Å². The van der Waals surface area contributed by atoms with E-state index >= 15 is 0 Å². The molecule has 13 heteroatoms. The molecule has 6 rings (SSSR count). The van der Waals surface area contributed by atoms with Gasteiger partial charge in [-0.05, 0) is 35.8 Å². The predicted octanol–water partition coefficient (Wildman–Crippen LogP) is 15.4. The average Bonchev–Trinajstić information content (AvgIpc) is 3.83. The number of alkyl halides is 9. The van der Waals surface area contributed by atoms with E-state index in [2.05, 4.69) is 57.3 Å². The van der Waals surface area contributed by atoms with Crippen LogP contribution in [0.2, 0.25) is 13.1 Å². The Bertz CT molecular complexity index is 1830. The first-order valence-corrected chi connectivity index (χ1v) is 25.4. The van der Waals surface area contributed by atoms with Crippen molar-refractivity contribution in [1.29, 1.82) is 0 Å². The summed E-state index contributed by atoms with van der Waals surface area (Å²) in [4.78, 5) is 0. The van der Waals surface area contributed by atoms with E-state index in [4.69, 9.17) is 17.0 Å². The van der Waals surface area contributed by atoms with E-state index in [1.54, 1.807) is 42.3 Å². The van der Waals surface area contributed by atoms with Gasteiger partial charge in [-0.1, -0.05) is 101 Å². The van der Waals surface area contributed by atoms with E-state index in [0.29, 0.717) is 16.9 Å². The van der Waals surface area contributed by atoms with Crippen LogP contribution in [0.15, 0.2) is 84.9 Å². The van der Waals surface area contributed by atoms with Crippen LogP contribution in [-0.4, -0.2) is 28.0 Å². The van der Waals surface area contributed by atoms with Gasteiger partial charge in [0.25, 0.3) is 5.41 Å². The molecule has 53 heavy (non-hydrogen) atoms. The van der Waals surface area contributed by atoms with Crippen molar-refractivity contribution in [2.45, 2.75) is 102 Å². The monoisotopic (exact) mass is 880 g/mol. The Kier molecular flexibility index (Phi) is 16.4. The molecule has 0 nitrogen and oxygen atoms in total. The van der Waals surface area contributed by atoms with E-state index < -0.39 is 50.4 Å².